The van der Waals surface area contributed by atoms with Crippen LogP contribution >= 0.6 is 0 Å². The summed E-state index contributed by atoms with van der Waals surface area (Å²) in [6.45, 7) is 0.918. The van der Waals surface area contributed by atoms with Crippen molar-refractivity contribution in [2.45, 2.75) is 12.5 Å². The van der Waals surface area contributed by atoms with Crippen molar-refractivity contribution < 1.29 is 14.7 Å². The van der Waals surface area contributed by atoms with Crippen LogP contribution in [0.3, 0.4) is 0 Å². The first-order valence-corrected chi connectivity index (χ1v) is 5.94. The van der Waals surface area contributed by atoms with Gasteiger partial charge in [-0.1, -0.05) is 30.3 Å². The molecule has 1 heterocycles. The van der Waals surface area contributed by atoms with Crippen molar-refractivity contribution in [2.24, 2.45) is 0 Å². The van der Waals surface area contributed by atoms with Crippen LogP contribution in [0, 0.1) is 0 Å². The lowest BCUT2D eigenvalue weighted by molar-refractivity contribution is -0.145. The maximum Gasteiger partial charge on any atom is 0.322 e. The van der Waals surface area contributed by atoms with E-state index < -0.39 is 12.0 Å². The molecule has 5 heteroatoms. The Morgan fingerprint density at radius 3 is 2.78 bits per heavy atom. The molecule has 96 valence electrons. The fourth-order valence-corrected chi connectivity index (χ4v) is 2.09. The van der Waals surface area contributed by atoms with Crippen LogP contribution in [0.4, 0.5) is 0 Å². The van der Waals surface area contributed by atoms with Gasteiger partial charge in [0.25, 0.3) is 0 Å². The molecule has 5 nitrogen and oxygen atoms in total. The molecule has 0 aliphatic carbocycles. The van der Waals surface area contributed by atoms with Crippen LogP contribution in [0.2, 0.25) is 0 Å². The van der Waals surface area contributed by atoms with Crippen molar-refractivity contribution in [3.63, 3.8) is 0 Å². The van der Waals surface area contributed by atoms with Gasteiger partial charge < -0.3 is 10.4 Å². The standard InChI is InChI=1S/C13H16N2O3/c16-12-9-15(11(8-14-12)13(17)18)7-6-10-4-2-1-3-5-10/h1-5,11H,6-9H2,(H,14,16)(H,17,18). The lowest BCUT2D eigenvalue weighted by Gasteiger charge is -2.32. The Morgan fingerprint density at radius 2 is 2.11 bits per heavy atom. The van der Waals surface area contributed by atoms with Crippen molar-refractivity contribution in [3.05, 3.63) is 35.9 Å². The number of hydrogen-bond donors (Lipinski definition) is 2. The number of carboxylic acids is 1. The molecule has 2 N–H and O–H groups in total. The highest BCUT2D eigenvalue weighted by atomic mass is 16.4. The average Bonchev–Trinajstić information content (AvgIpc) is 2.37. The molecule has 0 spiro atoms. The normalized spacial score (nSPS) is 20.4. The predicted molar refractivity (Wildman–Crippen MR) is 66.2 cm³/mol. The molecule has 0 bridgehead atoms. The number of aliphatic carboxylic acids is 1. The Hall–Kier alpha value is -1.88. The molecular formula is C13H16N2O3. The van der Waals surface area contributed by atoms with E-state index in [-0.39, 0.29) is 19.0 Å². The third-order valence-electron chi connectivity index (χ3n) is 3.10. The lowest BCUT2D eigenvalue weighted by atomic mass is 10.1. The number of carbonyl (C=O) groups excluding carboxylic acids is 1. The van der Waals surface area contributed by atoms with E-state index in [1.54, 1.807) is 4.90 Å². The lowest BCUT2D eigenvalue weighted by Crippen LogP contribution is -2.57. The molecule has 0 saturated carbocycles. The number of nitrogens with zero attached hydrogens (tertiary/aromatic N) is 1. The zero-order valence-corrected chi connectivity index (χ0v) is 10.0. The second kappa shape index (κ2) is 5.64. The molecular weight excluding hydrogens is 232 g/mol. The van der Waals surface area contributed by atoms with Gasteiger partial charge in [0.05, 0.1) is 6.54 Å². The maximum absolute atomic E-state index is 11.3. The second-order valence-corrected chi connectivity index (χ2v) is 4.36. The number of rotatable bonds is 4. The van der Waals surface area contributed by atoms with Gasteiger partial charge >= 0.3 is 5.97 Å². The van der Waals surface area contributed by atoms with Crippen molar-refractivity contribution in [1.82, 2.24) is 10.2 Å². The van der Waals surface area contributed by atoms with E-state index in [2.05, 4.69) is 5.32 Å². The van der Waals surface area contributed by atoms with Crippen LogP contribution in [0.5, 0.6) is 0 Å². The maximum atomic E-state index is 11.3. The number of hydrogen-bond acceptors (Lipinski definition) is 3. The van der Waals surface area contributed by atoms with Crippen LogP contribution in [0.15, 0.2) is 30.3 Å². The van der Waals surface area contributed by atoms with Crippen LogP contribution in [0.25, 0.3) is 0 Å². The molecule has 18 heavy (non-hydrogen) atoms. The Kier molecular flexibility index (Phi) is 3.94. The number of amides is 1. The summed E-state index contributed by atoms with van der Waals surface area (Å²) >= 11 is 0. The van der Waals surface area contributed by atoms with Gasteiger partial charge in [-0.25, -0.2) is 0 Å². The topological polar surface area (TPSA) is 69.6 Å². The molecule has 2 rings (SSSR count). The van der Waals surface area contributed by atoms with E-state index in [0.717, 1.165) is 12.0 Å². The van der Waals surface area contributed by atoms with E-state index >= 15 is 0 Å². The first-order valence-electron chi connectivity index (χ1n) is 5.94. The van der Waals surface area contributed by atoms with Gasteiger partial charge in [-0.2, -0.15) is 0 Å². The number of carboxylic acid groups (broad SMARTS) is 1. The second-order valence-electron chi connectivity index (χ2n) is 4.36. The average molecular weight is 248 g/mol. The zero-order valence-electron chi connectivity index (χ0n) is 10.0. The first kappa shape index (κ1) is 12.6. The van der Waals surface area contributed by atoms with Crippen LogP contribution in [-0.2, 0) is 16.0 Å². The molecule has 1 aromatic carbocycles. The molecule has 1 aromatic rings. The van der Waals surface area contributed by atoms with Gasteiger partial charge in [0.1, 0.15) is 6.04 Å². The van der Waals surface area contributed by atoms with E-state index in [9.17, 15) is 9.59 Å². The van der Waals surface area contributed by atoms with E-state index in [4.69, 9.17) is 5.11 Å². The molecule has 0 radical (unpaired) electrons. The van der Waals surface area contributed by atoms with Crippen molar-refractivity contribution in [1.29, 1.82) is 0 Å². The van der Waals surface area contributed by atoms with Gasteiger partial charge in [0.2, 0.25) is 5.91 Å². The van der Waals surface area contributed by atoms with Gasteiger partial charge in [0, 0.05) is 13.1 Å². The minimum atomic E-state index is -0.886. The van der Waals surface area contributed by atoms with Gasteiger partial charge in [-0.15, -0.1) is 0 Å². The molecule has 0 aromatic heterocycles. The molecule has 1 aliphatic rings. The first-order chi connectivity index (χ1) is 8.66. The minimum Gasteiger partial charge on any atom is -0.480 e. The van der Waals surface area contributed by atoms with Crippen molar-refractivity contribution in [2.75, 3.05) is 19.6 Å². The highest BCUT2D eigenvalue weighted by Crippen LogP contribution is 2.07. The molecule has 1 amide bonds. The summed E-state index contributed by atoms with van der Waals surface area (Å²) in [5.41, 5.74) is 1.15. The van der Waals surface area contributed by atoms with E-state index in [0.29, 0.717) is 6.54 Å². The molecule has 1 fully saturated rings. The number of benzene rings is 1. The highest BCUT2D eigenvalue weighted by Gasteiger charge is 2.31. The summed E-state index contributed by atoms with van der Waals surface area (Å²) in [5, 5.41) is 11.7. The van der Waals surface area contributed by atoms with Crippen molar-refractivity contribution in [3.8, 4) is 0 Å². The predicted octanol–water partition coefficient (Wildman–Crippen LogP) is 0.114. The third-order valence-corrected chi connectivity index (χ3v) is 3.10. The van der Waals surface area contributed by atoms with Crippen LogP contribution in [-0.4, -0.2) is 47.6 Å². The fourth-order valence-electron chi connectivity index (χ4n) is 2.09. The number of carbonyl (C=O) groups is 2. The van der Waals surface area contributed by atoms with Gasteiger partial charge in [0.15, 0.2) is 0 Å². The Labute approximate surface area is 105 Å². The fraction of sp³-hybridized carbons (Fsp3) is 0.385. The van der Waals surface area contributed by atoms with Crippen LogP contribution < -0.4 is 5.32 Å². The quantitative estimate of drug-likeness (QED) is 0.793. The van der Waals surface area contributed by atoms with Crippen LogP contribution in [0.1, 0.15) is 5.56 Å². The highest BCUT2D eigenvalue weighted by molar-refractivity contribution is 5.83. The molecule has 1 aliphatic heterocycles. The summed E-state index contributed by atoms with van der Waals surface area (Å²) in [4.78, 5) is 24.1. The molecule has 1 unspecified atom stereocenters. The zero-order chi connectivity index (χ0) is 13.0. The summed E-state index contributed by atoms with van der Waals surface area (Å²) in [6, 6.07) is 9.23. The Balaban J connectivity index is 1.96. The smallest absolute Gasteiger partial charge is 0.322 e. The Bertz CT molecular complexity index is 433. The monoisotopic (exact) mass is 248 g/mol. The van der Waals surface area contributed by atoms with Gasteiger partial charge in [-0.3, -0.25) is 14.5 Å². The Morgan fingerprint density at radius 1 is 1.39 bits per heavy atom. The van der Waals surface area contributed by atoms with Crippen molar-refractivity contribution >= 4 is 11.9 Å². The molecule has 1 saturated heterocycles. The largest absolute Gasteiger partial charge is 0.480 e. The van der Waals surface area contributed by atoms with E-state index in [1.165, 1.54) is 0 Å². The minimum absolute atomic E-state index is 0.111. The summed E-state index contributed by atoms with van der Waals surface area (Å²) in [7, 11) is 0. The third kappa shape index (κ3) is 3.07. The summed E-state index contributed by atoms with van der Waals surface area (Å²) in [6.07, 6.45) is 0.748. The molecule has 1 atom stereocenters. The van der Waals surface area contributed by atoms with Gasteiger partial charge in [-0.05, 0) is 12.0 Å². The SMILES string of the molecule is O=C1CN(CCc2ccccc2)C(C(=O)O)CN1. The summed E-state index contributed by atoms with van der Waals surface area (Å²) < 4.78 is 0. The number of nitrogens with one attached hydrogen (secondary N) is 1. The summed E-state index contributed by atoms with van der Waals surface area (Å²) in [5.74, 6) is -0.997. The number of piperazine rings is 1. The van der Waals surface area contributed by atoms with E-state index in [1.807, 2.05) is 30.3 Å².